The molecule has 146 valence electrons. The van der Waals surface area contributed by atoms with Crippen LogP contribution in [0, 0.1) is 0 Å². The summed E-state index contributed by atoms with van der Waals surface area (Å²) < 4.78 is 0. The Balaban J connectivity index is 1.44. The summed E-state index contributed by atoms with van der Waals surface area (Å²) in [5.41, 5.74) is 0.469. The molecule has 0 bridgehead atoms. The van der Waals surface area contributed by atoms with Gasteiger partial charge in [-0.25, -0.2) is 4.79 Å². The Morgan fingerprint density at radius 3 is 2.22 bits per heavy atom. The zero-order chi connectivity index (χ0) is 19.3. The van der Waals surface area contributed by atoms with Crippen LogP contribution in [0.15, 0.2) is 59.0 Å². The van der Waals surface area contributed by atoms with E-state index in [4.69, 9.17) is 5.11 Å². The molecule has 2 nitrogen and oxygen atoms in total. The van der Waals surface area contributed by atoms with Crippen LogP contribution in [-0.2, 0) is 4.79 Å². The van der Waals surface area contributed by atoms with E-state index in [2.05, 4.69) is 42.5 Å². The third-order valence-electron chi connectivity index (χ3n) is 4.88. The monoisotopic (exact) mass is 384 g/mol. The van der Waals surface area contributed by atoms with Crippen LogP contribution in [0.4, 0.5) is 0 Å². The summed E-state index contributed by atoms with van der Waals surface area (Å²) in [6.45, 7) is 1.67. The first-order chi connectivity index (χ1) is 13.2. The van der Waals surface area contributed by atoms with Crippen molar-refractivity contribution in [1.82, 2.24) is 0 Å². The first-order valence-electron chi connectivity index (χ1n) is 10.2. The highest BCUT2D eigenvalue weighted by Crippen LogP contribution is 2.24. The molecule has 27 heavy (non-hydrogen) atoms. The molecule has 2 aromatic carbocycles. The van der Waals surface area contributed by atoms with E-state index in [1.807, 2.05) is 17.8 Å². The molecule has 1 N–H and O–H groups in total. The fraction of sp³-hybridized carbons (Fsp3) is 0.458. The molecule has 0 atom stereocenters. The van der Waals surface area contributed by atoms with Gasteiger partial charge in [-0.05, 0) is 54.8 Å². The van der Waals surface area contributed by atoms with Gasteiger partial charge < -0.3 is 5.11 Å². The normalized spacial score (nSPS) is 11.8. The first kappa shape index (κ1) is 21.6. The van der Waals surface area contributed by atoms with Crippen LogP contribution in [0.3, 0.4) is 0 Å². The van der Waals surface area contributed by atoms with Crippen molar-refractivity contribution in [2.45, 2.75) is 69.6 Å². The molecule has 3 heteroatoms. The van der Waals surface area contributed by atoms with Crippen LogP contribution in [0.25, 0.3) is 10.8 Å². The highest BCUT2D eigenvalue weighted by molar-refractivity contribution is 7.99. The number of carbonyl (C=O) groups is 1. The van der Waals surface area contributed by atoms with Crippen LogP contribution >= 0.6 is 11.8 Å². The second kappa shape index (κ2) is 12.6. The van der Waals surface area contributed by atoms with Gasteiger partial charge in [0.2, 0.25) is 0 Å². The van der Waals surface area contributed by atoms with E-state index in [9.17, 15) is 4.79 Å². The molecular formula is C24H32O2S. The Kier molecular flexibility index (Phi) is 10.1. The lowest BCUT2D eigenvalue weighted by atomic mass is 10.1. The van der Waals surface area contributed by atoms with E-state index >= 15 is 0 Å². The summed E-state index contributed by atoms with van der Waals surface area (Å²) in [4.78, 5) is 12.1. The maximum absolute atomic E-state index is 10.7. The minimum atomic E-state index is -0.797. The lowest BCUT2D eigenvalue weighted by Crippen LogP contribution is -1.95. The van der Waals surface area contributed by atoms with Crippen LogP contribution in [0.2, 0.25) is 0 Å². The van der Waals surface area contributed by atoms with Gasteiger partial charge in [0.15, 0.2) is 0 Å². The second-order valence-corrected chi connectivity index (χ2v) is 8.34. The number of rotatable bonds is 13. The number of carboxylic acid groups (broad SMARTS) is 1. The molecule has 0 heterocycles. The first-order valence-corrected chi connectivity index (χ1v) is 11.2. The zero-order valence-electron chi connectivity index (χ0n) is 16.5. The summed E-state index contributed by atoms with van der Waals surface area (Å²) in [7, 11) is 0. The predicted octanol–water partition coefficient (Wildman–Crippen LogP) is 7.47. The highest BCUT2D eigenvalue weighted by Gasteiger charge is 1.99. The maximum atomic E-state index is 10.7. The maximum Gasteiger partial charge on any atom is 0.330 e. The lowest BCUT2D eigenvalue weighted by molar-refractivity contribution is -0.132. The average molecular weight is 385 g/mol. The van der Waals surface area contributed by atoms with Crippen molar-refractivity contribution in [3.63, 3.8) is 0 Å². The van der Waals surface area contributed by atoms with Gasteiger partial charge >= 0.3 is 5.97 Å². The van der Waals surface area contributed by atoms with E-state index in [1.165, 1.54) is 66.4 Å². The van der Waals surface area contributed by atoms with Crippen molar-refractivity contribution in [3.05, 3.63) is 54.1 Å². The highest BCUT2D eigenvalue weighted by atomic mass is 32.2. The van der Waals surface area contributed by atoms with Crippen molar-refractivity contribution in [3.8, 4) is 0 Å². The molecule has 0 aliphatic heterocycles. The Hall–Kier alpha value is -1.74. The Morgan fingerprint density at radius 2 is 1.52 bits per heavy atom. The van der Waals surface area contributed by atoms with Gasteiger partial charge in [0.1, 0.15) is 0 Å². The fourth-order valence-corrected chi connectivity index (χ4v) is 4.12. The summed E-state index contributed by atoms with van der Waals surface area (Å²) in [5.74, 6) is 0.405. The smallest absolute Gasteiger partial charge is 0.330 e. The predicted molar refractivity (Wildman–Crippen MR) is 118 cm³/mol. The molecule has 2 rings (SSSR count). The van der Waals surface area contributed by atoms with Crippen LogP contribution in [-0.4, -0.2) is 16.8 Å². The van der Waals surface area contributed by atoms with Gasteiger partial charge in [0, 0.05) is 10.5 Å². The summed E-state index contributed by atoms with van der Waals surface area (Å²) in [6.07, 6.45) is 12.9. The quantitative estimate of drug-likeness (QED) is 0.221. The van der Waals surface area contributed by atoms with Crippen molar-refractivity contribution >= 4 is 28.5 Å². The minimum Gasteiger partial charge on any atom is -0.478 e. The molecular weight excluding hydrogens is 352 g/mol. The lowest BCUT2D eigenvalue weighted by Gasteiger charge is -2.04. The van der Waals surface area contributed by atoms with Crippen LogP contribution in [0.1, 0.15) is 64.7 Å². The number of hydrogen-bond donors (Lipinski definition) is 1. The van der Waals surface area contributed by atoms with E-state index in [1.54, 1.807) is 6.92 Å². The van der Waals surface area contributed by atoms with E-state index in [0.717, 1.165) is 12.8 Å². The SMILES string of the molecule is CC(=CCCCCCCCCCCSc1ccc2ccccc2c1)C(=O)O. The molecule has 0 saturated heterocycles. The molecule has 0 aliphatic carbocycles. The number of benzene rings is 2. The zero-order valence-corrected chi connectivity index (χ0v) is 17.3. The number of allylic oxidation sites excluding steroid dienone is 1. The number of hydrogen-bond acceptors (Lipinski definition) is 2. The van der Waals surface area contributed by atoms with E-state index < -0.39 is 5.97 Å². The van der Waals surface area contributed by atoms with E-state index in [0.29, 0.717) is 5.57 Å². The van der Waals surface area contributed by atoms with Crippen molar-refractivity contribution in [1.29, 1.82) is 0 Å². The third kappa shape index (κ3) is 8.66. The number of aliphatic carboxylic acids is 1. The third-order valence-corrected chi connectivity index (χ3v) is 5.96. The summed E-state index contributed by atoms with van der Waals surface area (Å²) in [5, 5.41) is 11.4. The molecule has 0 aliphatic rings. The van der Waals surface area contributed by atoms with Gasteiger partial charge in [-0.15, -0.1) is 11.8 Å². The van der Waals surface area contributed by atoms with Gasteiger partial charge in [-0.3, -0.25) is 0 Å². The van der Waals surface area contributed by atoms with E-state index in [-0.39, 0.29) is 0 Å². The van der Waals surface area contributed by atoms with Gasteiger partial charge in [-0.2, -0.15) is 0 Å². The molecule has 0 aromatic heterocycles. The Morgan fingerprint density at radius 1 is 0.889 bits per heavy atom. The number of fused-ring (bicyclic) bond motifs is 1. The fourth-order valence-electron chi connectivity index (χ4n) is 3.16. The standard InChI is InChI=1S/C24H32O2S/c1-20(24(25)26)13-9-7-5-3-2-4-6-8-12-18-27-23-17-16-21-14-10-11-15-22(21)19-23/h10-11,13-17,19H,2-9,12,18H2,1H3,(H,25,26). The molecule has 0 saturated carbocycles. The largest absolute Gasteiger partial charge is 0.478 e. The average Bonchev–Trinajstić information content (AvgIpc) is 2.68. The van der Waals surface area contributed by atoms with Gasteiger partial charge in [0.05, 0.1) is 0 Å². The van der Waals surface area contributed by atoms with Crippen molar-refractivity contribution < 1.29 is 9.90 Å². The summed E-state index contributed by atoms with van der Waals surface area (Å²) in [6, 6.07) is 15.3. The van der Waals surface area contributed by atoms with Crippen molar-refractivity contribution in [2.24, 2.45) is 0 Å². The summed E-state index contributed by atoms with van der Waals surface area (Å²) >= 11 is 1.97. The molecule has 0 radical (unpaired) electrons. The molecule has 0 unspecified atom stereocenters. The Labute approximate surface area is 168 Å². The molecule has 0 amide bonds. The Bertz CT molecular complexity index is 736. The number of carboxylic acids is 1. The topological polar surface area (TPSA) is 37.3 Å². The second-order valence-electron chi connectivity index (χ2n) is 7.17. The minimum absolute atomic E-state index is 0.469. The number of thioether (sulfide) groups is 1. The van der Waals surface area contributed by atoms with Gasteiger partial charge in [0.25, 0.3) is 0 Å². The molecule has 0 spiro atoms. The molecule has 0 fully saturated rings. The van der Waals surface area contributed by atoms with Gasteiger partial charge in [-0.1, -0.05) is 74.9 Å². The molecule has 2 aromatic rings. The van der Waals surface area contributed by atoms with Crippen molar-refractivity contribution in [2.75, 3.05) is 5.75 Å². The van der Waals surface area contributed by atoms with Crippen LogP contribution in [0.5, 0.6) is 0 Å². The van der Waals surface area contributed by atoms with Crippen LogP contribution < -0.4 is 0 Å². The number of unbranched alkanes of at least 4 members (excludes halogenated alkanes) is 8.